The van der Waals surface area contributed by atoms with Gasteiger partial charge in [0.2, 0.25) is 0 Å². The predicted molar refractivity (Wildman–Crippen MR) is 80.8 cm³/mol. The maximum atomic E-state index is 6.06. The van der Waals surface area contributed by atoms with Crippen molar-refractivity contribution in [1.82, 2.24) is 14.7 Å². The number of aryl methyl sites for hydroxylation is 1. The number of thioether (sulfide) groups is 1. The average molecular weight is 293 g/mol. The third-order valence-electron chi connectivity index (χ3n) is 4.63. The number of aromatic nitrogens is 2. The molecule has 0 radical (unpaired) electrons. The quantitative estimate of drug-likeness (QED) is 0.829. The van der Waals surface area contributed by atoms with Gasteiger partial charge in [-0.25, -0.2) is 0 Å². The van der Waals surface area contributed by atoms with Gasteiger partial charge < -0.3 is 4.74 Å². The maximum Gasteiger partial charge on any atom is 0.0680 e. The van der Waals surface area contributed by atoms with E-state index in [0.717, 1.165) is 19.1 Å². The summed E-state index contributed by atoms with van der Waals surface area (Å²) < 4.78 is 8.44. The second kappa shape index (κ2) is 5.04. The highest BCUT2D eigenvalue weighted by molar-refractivity contribution is 8.01. The van der Waals surface area contributed by atoms with Crippen LogP contribution in [-0.4, -0.2) is 51.0 Å². The molecule has 2 saturated heterocycles. The van der Waals surface area contributed by atoms with Crippen LogP contribution in [0.5, 0.6) is 0 Å². The lowest BCUT2D eigenvalue weighted by Gasteiger charge is -2.47. The highest BCUT2D eigenvalue weighted by Crippen LogP contribution is 2.46. The lowest BCUT2D eigenvalue weighted by Crippen LogP contribution is -2.58. The molecular weight excluding hydrogens is 270 g/mol. The molecular formula is C15H23N3OS. The van der Waals surface area contributed by atoms with Crippen LogP contribution in [0.2, 0.25) is 0 Å². The van der Waals surface area contributed by atoms with E-state index in [1.807, 2.05) is 17.9 Å². The van der Waals surface area contributed by atoms with E-state index in [-0.39, 0.29) is 0 Å². The normalized spacial score (nSPS) is 28.9. The largest absolute Gasteiger partial charge is 0.377 e. The van der Waals surface area contributed by atoms with E-state index in [1.165, 1.54) is 43.7 Å². The first-order chi connectivity index (χ1) is 9.71. The lowest BCUT2D eigenvalue weighted by molar-refractivity contribution is 0.0305. The summed E-state index contributed by atoms with van der Waals surface area (Å²) in [6.07, 6.45) is 8.66. The van der Waals surface area contributed by atoms with Crippen LogP contribution in [0.15, 0.2) is 12.4 Å². The van der Waals surface area contributed by atoms with Gasteiger partial charge in [-0.05, 0) is 25.2 Å². The summed E-state index contributed by atoms with van der Waals surface area (Å²) in [5.74, 6) is 2.09. The van der Waals surface area contributed by atoms with Gasteiger partial charge in [0, 0.05) is 55.5 Å². The van der Waals surface area contributed by atoms with Gasteiger partial charge in [0.1, 0.15) is 0 Å². The van der Waals surface area contributed by atoms with Crippen LogP contribution < -0.4 is 0 Å². The molecule has 2 aliphatic heterocycles. The monoisotopic (exact) mass is 293 g/mol. The topological polar surface area (TPSA) is 30.3 Å². The Hall–Kier alpha value is -0.520. The van der Waals surface area contributed by atoms with Crippen molar-refractivity contribution in [3.8, 4) is 0 Å². The Morgan fingerprint density at radius 3 is 3.00 bits per heavy atom. The van der Waals surface area contributed by atoms with Gasteiger partial charge in [0.15, 0.2) is 0 Å². The van der Waals surface area contributed by atoms with E-state index in [1.54, 1.807) is 0 Å². The van der Waals surface area contributed by atoms with Gasteiger partial charge in [0.25, 0.3) is 0 Å². The number of ether oxygens (including phenoxy) is 1. The summed E-state index contributed by atoms with van der Waals surface area (Å²) in [6.45, 7) is 4.50. The fourth-order valence-corrected chi connectivity index (χ4v) is 4.98. The average Bonchev–Trinajstić information content (AvgIpc) is 2.98. The SMILES string of the molecule is Cn1cc(CN2CC3(C[C@H](OCC4CC4)CS3)C2)cn1. The van der Waals surface area contributed by atoms with E-state index in [9.17, 15) is 0 Å². The van der Waals surface area contributed by atoms with E-state index in [0.29, 0.717) is 10.9 Å². The smallest absolute Gasteiger partial charge is 0.0680 e. The third kappa shape index (κ3) is 2.76. The van der Waals surface area contributed by atoms with Gasteiger partial charge in [-0.3, -0.25) is 9.58 Å². The fourth-order valence-electron chi connectivity index (χ4n) is 3.38. The lowest BCUT2D eigenvalue weighted by atomic mass is 9.92. The molecule has 5 heteroatoms. The van der Waals surface area contributed by atoms with Crippen LogP contribution in [0, 0.1) is 5.92 Å². The van der Waals surface area contributed by atoms with Crippen molar-refractivity contribution in [1.29, 1.82) is 0 Å². The van der Waals surface area contributed by atoms with E-state index in [4.69, 9.17) is 4.74 Å². The maximum absolute atomic E-state index is 6.06. The fraction of sp³-hybridized carbons (Fsp3) is 0.800. The standard InChI is InChI=1S/C15H23N3OS/c1-17-6-13(5-16-17)7-18-10-15(11-18)4-14(9-20-15)19-8-12-2-3-12/h5-6,12,14H,2-4,7-11H2,1H3/t14-/m0/s1. The number of rotatable bonds is 5. The molecule has 3 aliphatic rings. The first-order valence-electron chi connectivity index (χ1n) is 7.66. The second-order valence-electron chi connectivity index (χ2n) is 6.76. The molecule has 0 unspecified atom stereocenters. The zero-order valence-electron chi connectivity index (χ0n) is 12.1. The Labute approximate surface area is 124 Å². The molecule has 4 rings (SSSR count). The summed E-state index contributed by atoms with van der Waals surface area (Å²) in [5, 5.41) is 4.24. The Morgan fingerprint density at radius 1 is 1.45 bits per heavy atom. The molecule has 3 heterocycles. The van der Waals surface area contributed by atoms with E-state index in [2.05, 4.69) is 28.0 Å². The molecule has 4 nitrogen and oxygen atoms in total. The van der Waals surface area contributed by atoms with Gasteiger partial charge in [-0.1, -0.05) is 0 Å². The minimum absolute atomic E-state index is 0.496. The van der Waals surface area contributed by atoms with Crippen molar-refractivity contribution in [2.24, 2.45) is 13.0 Å². The summed E-state index contributed by atoms with van der Waals surface area (Å²) >= 11 is 2.14. The van der Waals surface area contributed by atoms with Crippen LogP contribution in [0.3, 0.4) is 0 Å². The Bertz CT molecular complexity index is 479. The van der Waals surface area contributed by atoms with E-state index >= 15 is 0 Å². The van der Waals surface area contributed by atoms with E-state index < -0.39 is 0 Å². The van der Waals surface area contributed by atoms with Crippen molar-refractivity contribution in [3.63, 3.8) is 0 Å². The van der Waals surface area contributed by atoms with Crippen LogP contribution in [0.1, 0.15) is 24.8 Å². The molecule has 1 aromatic rings. The van der Waals surface area contributed by atoms with Crippen LogP contribution in [-0.2, 0) is 18.3 Å². The minimum atomic E-state index is 0.496. The molecule has 110 valence electrons. The number of likely N-dealkylation sites (tertiary alicyclic amines) is 1. The minimum Gasteiger partial charge on any atom is -0.377 e. The highest BCUT2D eigenvalue weighted by Gasteiger charge is 2.49. The molecule has 0 bridgehead atoms. The molecule has 20 heavy (non-hydrogen) atoms. The summed E-state index contributed by atoms with van der Waals surface area (Å²) in [7, 11) is 1.98. The number of hydrogen-bond donors (Lipinski definition) is 0. The number of nitrogens with zero attached hydrogens (tertiary/aromatic N) is 3. The Balaban J connectivity index is 1.23. The molecule has 0 N–H and O–H groups in total. The van der Waals surface area contributed by atoms with Gasteiger partial charge >= 0.3 is 0 Å². The molecule has 1 aromatic heterocycles. The molecule has 1 saturated carbocycles. The molecule has 1 aliphatic carbocycles. The first kappa shape index (κ1) is 13.2. The molecule has 3 fully saturated rings. The van der Waals surface area contributed by atoms with Crippen molar-refractivity contribution >= 4 is 11.8 Å². The predicted octanol–water partition coefficient (Wildman–Crippen LogP) is 1.91. The van der Waals surface area contributed by atoms with Crippen molar-refractivity contribution < 1.29 is 4.74 Å². The molecule has 0 amide bonds. The van der Waals surface area contributed by atoms with Gasteiger partial charge in [-0.15, -0.1) is 11.8 Å². The van der Waals surface area contributed by atoms with Crippen molar-refractivity contribution in [2.45, 2.75) is 36.7 Å². The van der Waals surface area contributed by atoms with Gasteiger partial charge in [0.05, 0.1) is 12.3 Å². The Morgan fingerprint density at radius 2 is 2.30 bits per heavy atom. The summed E-state index contributed by atoms with van der Waals surface area (Å²) in [5.41, 5.74) is 1.33. The summed E-state index contributed by atoms with van der Waals surface area (Å²) in [4.78, 5) is 2.54. The molecule has 0 aromatic carbocycles. The third-order valence-corrected chi connectivity index (χ3v) is 6.20. The Kier molecular flexibility index (Phi) is 3.32. The molecule has 1 atom stereocenters. The van der Waals surface area contributed by atoms with Crippen LogP contribution in [0.4, 0.5) is 0 Å². The zero-order chi connectivity index (χ0) is 13.6. The van der Waals surface area contributed by atoms with Crippen LogP contribution >= 0.6 is 11.8 Å². The van der Waals surface area contributed by atoms with Crippen molar-refractivity contribution in [2.75, 3.05) is 25.4 Å². The zero-order valence-corrected chi connectivity index (χ0v) is 12.9. The highest BCUT2D eigenvalue weighted by atomic mass is 32.2. The second-order valence-corrected chi connectivity index (χ2v) is 8.25. The summed E-state index contributed by atoms with van der Waals surface area (Å²) in [6, 6.07) is 0. The number of hydrogen-bond acceptors (Lipinski definition) is 4. The van der Waals surface area contributed by atoms with Crippen LogP contribution in [0.25, 0.3) is 0 Å². The van der Waals surface area contributed by atoms with Gasteiger partial charge in [-0.2, -0.15) is 5.10 Å². The van der Waals surface area contributed by atoms with Crippen molar-refractivity contribution in [3.05, 3.63) is 18.0 Å². The molecule has 1 spiro atoms. The first-order valence-corrected chi connectivity index (χ1v) is 8.65.